The number of rotatable bonds is 11. The SMILES string of the molecule is CC(C)n1c(CC[C@@H](O)C[C@@H](O)CC(=O)O)c(-c2ccccc2)c2c3ccccc3n(Cc3cccc(F)c3)c(=O)c21.[NaH]. The molecule has 9 heteroatoms. The van der Waals surface area contributed by atoms with E-state index in [1.807, 2.05) is 73.0 Å². The van der Waals surface area contributed by atoms with E-state index in [2.05, 4.69) is 0 Å². The Morgan fingerprint density at radius 3 is 2.30 bits per heavy atom. The predicted octanol–water partition coefficient (Wildman–Crippen LogP) is 5.26. The molecule has 0 unspecified atom stereocenters. The molecule has 0 radical (unpaired) electrons. The number of pyridine rings is 1. The van der Waals surface area contributed by atoms with E-state index in [1.54, 1.807) is 16.7 Å². The van der Waals surface area contributed by atoms with Gasteiger partial charge in [0.25, 0.3) is 5.56 Å². The van der Waals surface area contributed by atoms with Crippen LogP contribution in [0.1, 0.15) is 50.4 Å². The third-order valence-electron chi connectivity index (χ3n) is 7.70. The molecule has 2 atom stereocenters. The second-order valence-electron chi connectivity index (χ2n) is 11.1. The Balaban J connectivity index is 0.00000423. The van der Waals surface area contributed by atoms with Gasteiger partial charge < -0.3 is 24.5 Å². The van der Waals surface area contributed by atoms with Gasteiger partial charge in [0.15, 0.2) is 0 Å². The van der Waals surface area contributed by atoms with Crippen molar-refractivity contribution in [3.05, 3.63) is 106 Å². The molecule has 0 saturated heterocycles. The second kappa shape index (κ2) is 14.0. The first-order valence-electron chi connectivity index (χ1n) is 14.2. The molecule has 5 aromatic rings. The average Bonchev–Trinajstić information content (AvgIpc) is 3.30. The molecule has 220 valence electrons. The number of hydrogen-bond donors (Lipinski definition) is 3. The van der Waals surface area contributed by atoms with Crippen molar-refractivity contribution in [1.82, 2.24) is 9.13 Å². The number of fused-ring (bicyclic) bond motifs is 3. The predicted molar refractivity (Wildman–Crippen MR) is 169 cm³/mol. The third-order valence-corrected chi connectivity index (χ3v) is 7.70. The molecule has 7 nitrogen and oxygen atoms in total. The van der Waals surface area contributed by atoms with E-state index >= 15 is 0 Å². The van der Waals surface area contributed by atoms with Gasteiger partial charge in [-0.3, -0.25) is 9.59 Å². The number of aliphatic carboxylic acids is 1. The number of hydrogen-bond acceptors (Lipinski definition) is 4. The summed E-state index contributed by atoms with van der Waals surface area (Å²) in [5.74, 6) is -1.49. The van der Waals surface area contributed by atoms with Crippen LogP contribution in [-0.2, 0) is 17.8 Å². The van der Waals surface area contributed by atoms with Crippen LogP contribution in [0, 0.1) is 5.82 Å². The van der Waals surface area contributed by atoms with E-state index < -0.39 is 24.6 Å². The molecule has 3 aromatic carbocycles. The van der Waals surface area contributed by atoms with Gasteiger partial charge in [-0.2, -0.15) is 0 Å². The van der Waals surface area contributed by atoms with Crippen molar-refractivity contribution < 1.29 is 24.5 Å². The topological polar surface area (TPSA) is 105 Å². The minimum atomic E-state index is -1.15. The second-order valence-corrected chi connectivity index (χ2v) is 11.1. The van der Waals surface area contributed by atoms with Crippen LogP contribution in [0.25, 0.3) is 32.9 Å². The van der Waals surface area contributed by atoms with Gasteiger partial charge in [0.1, 0.15) is 11.3 Å². The molecular formula is C34H36FN2NaO5. The Labute approximate surface area is 271 Å². The number of carbonyl (C=O) groups is 1. The quantitative estimate of drug-likeness (QED) is 0.181. The fraction of sp³-hybridized carbons (Fsp3) is 0.294. The van der Waals surface area contributed by atoms with Crippen molar-refractivity contribution in [2.45, 2.75) is 64.3 Å². The molecular weight excluding hydrogens is 558 g/mol. The van der Waals surface area contributed by atoms with Gasteiger partial charge in [-0.05, 0) is 62.4 Å². The normalized spacial score (nSPS) is 12.9. The number of aliphatic hydroxyl groups excluding tert-OH is 2. The number of aromatic nitrogens is 2. The van der Waals surface area contributed by atoms with Gasteiger partial charge in [-0.1, -0.05) is 60.7 Å². The standard InChI is InChI=1S/C34H35FN2O5.Na.H/c1-21(2)37-29(16-15-25(38)18-26(39)19-30(40)41)31(23-10-4-3-5-11-23)32-27-13-6-7-14-28(27)36(34(42)33(32)37)20-22-9-8-12-24(35)17-22;;/h3-14,17,21,25-26,38-39H,15-16,18-20H2,1-2H3,(H,40,41);;/t25-,26-;;/m1../s1. The molecule has 0 amide bonds. The van der Waals surface area contributed by atoms with Gasteiger partial charge in [0.2, 0.25) is 0 Å². The van der Waals surface area contributed by atoms with E-state index in [0.717, 1.165) is 33.1 Å². The van der Waals surface area contributed by atoms with Crippen LogP contribution in [0.3, 0.4) is 0 Å². The fourth-order valence-corrected chi connectivity index (χ4v) is 5.99. The molecule has 0 saturated carbocycles. The average molecular weight is 595 g/mol. The number of benzene rings is 3. The Kier molecular flexibility index (Phi) is 10.6. The summed E-state index contributed by atoms with van der Waals surface area (Å²) >= 11 is 0. The minimum absolute atomic E-state index is 0. The van der Waals surface area contributed by atoms with Crippen LogP contribution in [-0.4, -0.2) is 72.2 Å². The van der Waals surface area contributed by atoms with E-state index in [1.165, 1.54) is 12.1 Å². The number of carboxylic acid groups (broad SMARTS) is 1. The van der Waals surface area contributed by atoms with Gasteiger partial charge >= 0.3 is 35.5 Å². The molecule has 5 rings (SSSR count). The number of halogens is 1. The Morgan fingerprint density at radius 2 is 1.63 bits per heavy atom. The van der Waals surface area contributed by atoms with Crippen molar-refractivity contribution in [3.63, 3.8) is 0 Å². The van der Waals surface area contributed by atoms with Crippen LogP contribution in [0.4, 0.5) is 4.39 Å². The van der Waals surface area contributed by atoms with Crippen molar-refractivity contribution in [1.29, 1.82) is 0 Å². The molecule has 0 aliphatic rings. The first-order chi connectivity index (χ1) is 20.2. The Hall–Kier alpha value is -3.27. The maximum atomic E-state index is 14.5. The summed E-state index contributed by atoms with van der Waals surface area (Å²) in [5, 5.41) is 31.5. The Bertz CT molecular complexity index is 1800. The van der Waals surface area contributed by atoms with Crippen molar-refractivity contribution in [2.75, 3.05) is 0 Å². The van der Waals surface area contributed by atoms with E-state index in [4.69, 9.17) is 5.11 Å². The molecule has 2 aromatic heterocycles. The van der Waals surface area contributed by atoms with Crippen LogP contribution in [0.2, 0.25) is 0 Å². The van der Waals surface area contributed by atoms with Crippen LogP contribution < -0.4 is 5.56 Å². The van der Waals surface area contributed by atoms with Gasteiger partial charge in [0, 0.05) is 28.1 Å². The molecule has 0 aliphatic carbocycles. The zero-order chi connectivity index (χ0) is 30.0. The third kappa shape index (κ3) is 6.95. The van der Waals surface area contributed by atoms with Crippen LogP contribution >= 0.6 is 0 Å². The summed E-state index contributed by atoms with van der Waals surface area (Å²) in [6.45, 7) is 4.22. The summed E-state index contributed by atoms with van der Waals surface area (Å²) in [6, 6.07) is 23.7. The first kappa shape index (κ1) is 32.6. The van der Waals surface area contributed by atoms with E-state index in [9.17, 15) is 24.2 Å². The summed E-state index contributed by atoms with van der Waals surface area (Å²) < 4.78 is 17.8. The number of para-hydroxylation sites is 1. The van der Waals surface area contributed by atoms with Crippen molar-refractivity contribution in [3.8, 4) is 11.1 Å². The van der Waals surface area contributed by atoms with Crippen LogP contribution in [0.15, 0.2) is 83.7 Å². The summed E-state index contributed by atoms with van der Waals surface area (Å²) in [7, 11) is 0. The zero-order valence-electron chi connectivity index (χ0n) is 23.7. The number of aliphatic hydroxyl groups is 2. The molecule has 0 aliphatic heterocycles. The van der Waals surface area contributed by atoms with E-state index in [-0.39, 0.29) is 66.4 Å². The van der Waals surface area contributed by atoms with Gasteiger partial charge in [-0.25, -0.2) is 4.39 Å². The van der Waals surface area contributed by atoms with Gasteiger partial charge in [0.05, 0.1) is 30.7 Å². The number of nitrogens with zero attached hydrogens (tertiary/aromatic N) is 2. The summed E-state index contributed by atoms with van der Waals surface area (Å²) in [5.41, 5.74) is 4.48. The summed E-state index contributed by atoms with van der Waals surface area (Å²) in [6.07, 6.45) is -1.90. The molecule has 3 N–H and O–H groups in total. The van der Waals surface area contributed by atoms with E-state index in [0.29, 0.717) is 17.5 Å². The summed E-state index contributed by atoms with van der Waals surface area (Å²) in [4.78, 5) is 25.4. The molecule has 0 fully saturated rings. The molecule has 43 heavy (non-hydrogen) atoms. The van der Waals surface area contributed by atoms with Crippen molar-refractivity contribution in [2.24, 2.45) is 0 Å². The van der Waals surface area contributed by atoms with Gasteiger partial charge in [-0.15, -0.1) is 0 Å². The van der Waals surface area contributed by atoms with Crippen LogP contribution in [0.5, 0.6) is 0 Å². The molecule has 0 spiro atoms. The fourth-order valence-electron chi connectivity index (χ4n) is 5.99. The zero-order valence-corrected chi connectivity index (χ0v) is 23.7. The first-order valence-corrected chi connectivity index (χ1v) is 14.2. The molecule has 0 bridgehead atoms. The molecule has 2 heterocycles. The Morgan fingerprint density at radius 1 is 0.930 bits per heavy atom. The monoisotopic (exact) mass is 594 g/mol. The number of carboxylic acids is 1. The maximum absolute atomic E-state index is 14.5. The van der Waals surface area contributed by atoms with Crippen molar-refractivity contribution >= 4 is 57.3 Å².